The Bertz CT molecular complexity index is 432. The summed E-state index contributed by atoms with van der Waals surface area (Å²) < 4.78 is 4.51. The Labute approximate surface area is 97.6 Å². The molecule has 0 saturated heterocycles. The third-order valence-corrected chi connectivity index (χ3v) is 2.27. The average Bonchev–Trinajstić information content (AvgIpc) is 2.36. The number of aliphatic hydroxyl groups is 1. The molecule has 6 heteroatoms. The van der Waals surface area contributed by atoms with Crippen molar-refractivity contribution in [3.8, 4) is 0 Å². The van der Waals surface area contributed by atoms with E-state index in [4.69, 9.17) is 10.8 Å². The topological polar surface area (TPSA) is 110 Å². The Morgan fingerprint density at radius 2 is 2.06 bits per heavy atom. The van der Waals surface area contributed by atoms with Crippen molar-refractivity contribution in [2.24, 2.45) is 5.73 Å². The predicted molar refractivity (Wildman–Crippen MR) is 58.4 cm³/mol. The maximum absolute atomic E-state index is 11.2. The second-order valence-electron chi connectivity index (χ2n) is 3.43. The zero-order valence-electron chi connectivity index (χ0n) is 9.16. The minimum absolute atomic E-state index is 0.224. The molecule has 17 heavy (non-hydrogen) atoms. The second kappa shape index (κ2) is 5.42. The van der Waals surface area contributed by atoms with E-state index in [0.717, 1.165) is 0 Å². The van der Waals surface area contributed by atoms with Crippen molar-refractivity contribution in [2.45, 2.75) is 12.1 Å². The Morgan fingerprint density at radius 1 is 1.41 bits per heavy atom. The lowest BCUT2D eigenvalue weighted by Crippen LogP contribution is -2.36. The number of carboxylic acids is 1. The van der Waals surface area contributed by atoms with E-state index in [-0.39, 0.29) is 11.1 Å². The number of hydrogen-bond acceptors (Lipinski definition) is 5. The number of carboxylic acid groups (broad SMARTS) is 1. The van der Waals surface area contributed by atoms with Crippen LogP contribution >= 0.6 is 0 Å². The molecule has 0 saturated carbocycles. The molecule has 4 N–H and O–H groups in total. The smallest absolute Gasteiger partial charge is 0.337 e. The number of carbonyl (C=O) groups excluding carboxylic acids is 1. The van der Waals surface area contributed by atoms with Gasteiger partial charge in [-0.25, -0.2) is 4.79 Å². The average molecular weight is 239 g/mol. The number of methoxy groups -OCH3 is 1. The molecule has 2 atom stereocenters. The first-order chi connectivity index (χ1) is 7.97. The quantitative estimate of drug-likeness (QED) is 0.634. The summed E-state index contributed by atoms with van der Waals surface area (Å²) in [4.78, 5) is 21.9. The lowest BCUT2D eigenvalue weighted by molar-refractivity contribution is -0.141. The van der Waals surface area contributed by atoms with Gasteiger partial charge in [-0.2, -0.15) is 0 Å². The summed E-state index contributed by atoms with van der Waals surface area (Å²) >= 11 is 0. The van der Waals surface area contributed by atoms with E-state index in [1.807, 2.05) is 0 Å². The van der Waals surface area contributed by atoms with E-state index in [2.05, 4.69) is 4.74 Å². The SMILES string of the molecule is COC(=O)c1cccc(C(O)C(N)C(=O)O)c1. The summed E-state index contributed by atoms with van der Waals surface area (Å²) in [5.41, 5.74) is 5.76. The summed E-state index contributed by atoms with van der Waals surface area (Å²) in [5.74, 6) is -1.89. The van der Waals surface area contributed by atoms with Crippen molar-refractivity contribution in [3.05, 3.63) is 35.4 Å². The molecule has 0 aromatic heterocycles. The van der Waals surface area contributed by atoms with Crippen LogP contribution in [-0.2, 0) is 9.53 Å². The van der Waals surface area contributed by atoms with Gasteiger partial charge in [0.1, 0.15) is 12.1 Å². The number of aliphatic carboxylic acids is 1. The minimum atomic E-state index is -1.44. The van der Waals surface area contributed by atoms with Crippen LogP contribution < -0.4 is 5.73 Å². The van der Waals surface area contributed by atoms with Crippen LogP contribution in [0, 0.1) is 0 Å². The molecular formula is C11H13NO5. The van der Waals surface area contributed by atoms with Gasteiger partial charge in [-0.15, -0.1) is 0 Å². The van der Waals surface area contributed by atoms with Gasteiger partial charge in [0, 0.05) is 0 Å². The predicted octanol–water partition coefficient (Wildman–Crippen LogP) is -0.0815. The lowest BCUT2D eigenvalue weighted by atomic mass is 10.0. The number of rotatable bonds is 4. The third-order valence-electron chi connectivity index (χ3n) is 2.27. The molecule has 0 spiro atoms. The van der Waals surface area contributed by atoms with E-state index >= 15 is 0 Å². The van der Waals surface area contributed by atoms with E-state index < -0.39 is 24.1 Å². The lowest BCUT2D eigenvalue weighted by Gasteiger charge is -2.15. The van der Waals surface area contributed by atoms with Gasteiger partial charge < -0.3 is 20.7 Å². The zero-order valence-corrected chi connectivity index (χ0v) is 9.16. The number of ether oxygens (including phenoxy) is 1. The maximum atomic E-state index is 11.2. The summed E-state index contributed by atoms with van der Waals surface area (Å²) in [6.07, 6.45) is -1.38. The van der Waals surface area contributed by atoms with E-state index in [0.29, 0.717) is 0 Å². The number of carbonyl (C=O) groups is 2. The van der Waals surface area contributed by atoms with Crippen LogP contribution in [0.5, 0.6) is 0 Å². The first-order valence-corrected chi connectivity index (χ1v) is 4.82. The van der Waals surface area contributed by atoms with Gasteiger partial charge in [-0.05, 0) is 17.7 Å². The first kappa shape index (κ1) is 13.1. The number of esters is 1. The zero-order chi connectivity index (χ0) is 13.0. The van der Waals surface area contributed by atoms with Crippen LogP contribution in [0.25, 0.3) is 0 Å². The molecular weight excluding hydrogens is 226 g/mol. The van der Waals surface area contributed by atoms with E-state index in [1.54, 1.807) is 0 Å². The Kier molecular flexibility index (Phi) is 4.19. The molecule has 6 nitrogen and oxygen atoms in total. The number of nitrogens with two attached hydrogens (primary N) is 1. The van der Waals surface area contributed by atoms with Gasteiger partial charge in [-0.3, -0.25) is 4.79 Å². The second-order valence-corrected chi connectivity index (χ2v) is 3.43. The summed E-state index contributed by atoms with van der Waals surface area (Å²) in [5, 5.41) is 18.3. The fourth-order valence-electron chi connectivity index (χ4n) is 1.31. The minimum Gasteiger partial charge on any atom is -0.480 e. The molecule has 0 aliphatic rings. The standard InChI is InChI=1S/C11H13NO5/c1-17-11(16)7-4-2-3-6(5-7)9(13)8(12)10(14)15/h2-5,8-9,13H,12H2,1H3,(H,14,15). The van der Waals surface area contributed by atoms with Crippen molar-refractivity contribution in [3.63, 3.8) is 0 Å². The fourth-order valence-corrected chi connectivity index (χ4v) is 1.31. The van der Waals surface area contributed by atoms with Gasteiger partial charge in [0.2, 0.25) is 0 Å². The molecule has 2 unspecified atom stereocenters. The fraction of sp³-hybridized carbons (Fsp3) is 0.273. The third kappa shape index (κ3) is 3.02. The number of benzene rings is 1. The molecule has 92 valence electrons. The highest BCUT2D eigenvalue weighted by Crippen LogP contribution is 2.17. The maximum Gasteiger partial charge on any atom is 0.337 e. The molecule has 1 rings (SSSR count). The first-order valence-electron chi connectivity index (χ1n) is 4.82. The molecule has 0 aliphatic heterocycles. The highest BCUT2D eigenvalue weighted by atomic mass is 16.5. The molecule has 0 heterocycles. The van der Waals surface area contributed by atoms with Gasteiger partial charge in [0.25, 0.3) is 0 Å². The normalized spacial score (nSPS) is 13.8. The molecule has 1 aromatic carbocycles. The van der Waals surface area contributed by atoms with E-state index in [9.17, 15) is 14.7 Å². The van der Waals surface area contributed by atoms with Crippen LogP contribution in [0.15, 0.2) is 24.3 Å². The van der Waals surface area contributed by atoms with Crippen LogP contribution in [0.2, 0.25) is 0 Å². The van der Waals surface area contributed by atoms with Crippen LogP contribution in [0.3, 0.4) is 0 Å². The van der Waals surface area contributed by atoms with Crippen LogP contribution in [0.1, 0.15) is 22.0 Å². The van der Waals surface area contributed by atoms with Crippen molar-refractivity contribution in [1.82, 2.24) is 0 Å². The van der Waals surface area contributed by atoms with E-state index in [1.165, 1.54) is 31.4 Å². The van der Waals surface area contributed by atoms with Crippen molar-refractivity contribution in [2.75, 3.05) is 7.11 Å². The molecule has 0 radical (unpaired) electrons. The molecule has 0 aliphatic carbocycles. The monoisotopic (exact) mass is 239 g/mol. The van der Waals surface area contributed by atoms with Gasteiger partial charge in [0.05, 0.1) is 12.7 Å². The van der Waals surface area contributed by atoms with Crippen molar-refractivity contribution in [1.29, 1.82) is 0 Å². The van der Waals surface area contributed by atoms with Crippen LogP contribution in [0.4, 0.5) is 0 Å². The Balaban J connectivity index is 2.99. The van der Waals surface area contributed by atoms with Gasteiger partial charge in [-0.1, -0.05) is 12.1 Å². The van der Waals surface area contributed by atoms with Gasteiger partial charge in [0.15, 0.2) is 0 Å². The molecule has 0 fully saturated rings. The highest BCUT2D eigenvalue weighted by molar-refractivity contribution is 5.89. The summed E-state index contributed by atoms with van der Waals surface area (Å²) in [6.45, 7) is 0. The Hall–Kier alpha value is -1.92. The van der Waals surface area contributed by atoms with Crippen LogP contribution in [-0.4, -0.2) is 35.3 Å². The Morgan fingerprint density at radius 3 is 2.59 bits per heavy atom. The summed E-state index contributed by atoms with van der Waals surface area (Å²) in [7, 11) is 1.23. The number of hydrogen-bond donors (Lipinski definition) is 3. The number of aliphatic hydroxyl groups excluding tert-OH is 1. The highest BCUT2D eigenvalue weighted by Gasteiger charge is 2.24. The summed E-state index contributed by atoms with van der Waals surface area (Å²) in [6, 6.07) is 4.40. The van der Waals surface area contributed by atoms with Crippen molar-refractivity contribution < 1.29 is 24.5 Å². The molecule has 0 amide bonds. The van der Waals surface area contributed by atoms with Crippen molar-refractivity contribution >= 4 is 11.9 Å². The molecule has 1 aromatic rings. The molecule has 0 bridgehead atoms. The van der Waals surface area contributed by atoms with Gasteiger partial charge >= 0.3 is 11.9 Å². The largest absolute Gasteiger partial charge is 0.480 e.